The Kier molecular flexibility index (Phi) is 5.43. The zero-order valence-corrected chi connectivity index (χ0v) is 12.0. The summed E-state index contributed by atoms with van der Waals surface area (Å²) < 4.78 is 5.55. The number of nitrogens with zero attached hydrogens (tertiary/aromatic N) is 1. The molecule has 0 spiro atoms. The number of hydrogen-bond acceptors (Lipinski definition) is 3. The summed E-state index contributed by atoms with van der Waals surface area (Å²) in [7, 11) is 0. The molecule has 2 rings (SSSR count). The lowest BCUT2D eigenvalue weighted by Gasteiger charge is -2.25. The molecule has 1 fully saturated rings. The Morgan fingerprint density at radius 2 is 2.11 bits per heavy atom. The summed E-state index contributed by atoms with van der Waals surface area (Å²) in [5, 5.41) is 3.37. The van der Waals surface area contributed by atoms with Gasteiger partial charge in [0.2, 0.25) is 0 Å². The molecule has 1 aliphatic heterocycles. The highest BCUT2D eigenvalue weighted by Crippen LogP contribution is 2.19. The summed E-state index contributed by atoms with van der Waals surface area (Å²) in [5.41, 5.74) is 2.45. The van der Waals surface area contributed by atoms with Crippen LogP contribution in [0.2, 0.25) is 0 Å². The number of benzene rings is 1. The fourth-order valence-corrected chi connectivity index (χ4v) is 2.33. The first-order valence-electron chi connectivity index (χ1n) is 7.12. The van der Waals surface area contributed by atoms with E-state index in [1.54, 1.807) is 0 Å². The van der Waals surface area contributed by atoms with E-state index in [9.17, 15) is 0 Å². The minimum absolute atomic E-state index is 0.721. The average molecular weight is 260 g/mol. The number of ether oxygens (including phenoxy) is 1. The first-order valence-corrected chi connectivity index (χ1v) is 7.12. The number of nitrogens with one attached hydrogen (secondary N) is 1. The minimum atomic E-state index is 0.721. The summed E-state index contributed by atoms with van der Waals surface area (Å²) in [6, 6.07) is 6.36. The van der Waals surface area contributed by atoms with Crippen molar-refractivity contribution < 1.29 is 4.74 Å². The third-order valence-corrected chi connectivity index (χ3v) is 3.38. The zero-order chi connectivity index (χ0) is 13.5. The van der Waals surface area contributed by atoms with E-state index in [-0.39, 0.29) is 0 Å². The maximum atomic E-state index is 5.55. The molecule has 0 saturated carbocycles. The lowest BCUT2D eigenvalue weighted by Crippen LogP contribution is -2.43. The molecule has 3 nitrogen and oxygen atoms in total. The lowest BCUT2D eigenvalue weighted by molar-refractivity contribution is 0.265. The molecule has 19 heavy (non-hydrogen) atoms. The van der Waals surface area contributed by atoms with E-state index in [1.165, 1.54) is 11.1 Å². The summed E-state index contributed by atoms with van der Waals surface area (Å²) >= 11 is 0. The van der Waals surface area contributed by atoms with Crippen molar-refractivity contribution in [2.45, 2.75) is 13.8 Å². The SMILES string of the molecule is CCOc1ccc(/C=C/CN2CCNCC2)cc1C. The second-order valence-electron chi connectivity index (χ2n) is 4.91. The van der Waals surface area contributed by atoms with Gasteiger partial charge in [-0.3, -0.25) is 4.90 Å². The van der Waals surface area contributed by atoms with Crippen LogP contribution in [0, 0.1) is 6.92 Å². The van der Waals surface area contributed by atoms with Gasteiger partial charge in [-0.25, -0.2) is 0 Å². The molecule has 0 aromatic heterocycles. The number of aryl methyl sites for hydroxylation is 1. The minimum Gasteiger partial charge on any atom is -0.494 e. The van der Waals surface area contributed by atoms with Crippen LogP contribution in [-0.2, 0) is 0 Å². The van der Waals surface area contributed by atoms with Crippen molar-refractivity contribution in [2.24, 2.45) is 0 Å². The Morgan fingerprint density at radius 1 is 1.32 bits per heavy atom. The van der Waals surface area contributed by atoms with E-state index >= 15 is 0 Å². The molecule has 1 saturated heterocycles. The molecule has 1 aromatic carbocycles. The van der Waals surface area contributed by atoms with Crippen molar-refractivity contribution in [1.82, 2.24) is 10.2 Å². The van der Waals surface area contributed by atoms with Gasteiger partial charge < -0.3 is 10.1 Å². The van der Waals surface area contributed by atoms with Gasteiger partial charge in [-0.2, -0.15) is 0 Å². The monoisotopic (exact) mass is 260 g/mol. The van der Waals surface area contributed by atoms with E-state index in [4.69, 9.17) is 4.74 Å². The Bertz CT molecular complexity index is 423. The van der Waals surface area contributed by atoms with Crippen molar-refractivity contribution in [3.8, 4) is 5.75 Å². The van der Waals surface area contributed by atoms with E-state index in [1.807, 2.05) is 6.92 Å². The molecule has 0 unspecified atom stereocenters. The molecule has 1 aliphatic rings. The third-order valence-electron chi connectivity index (χ3n) is 3.38. The molecule has 0 bridgehead atoms. The predicted octanol–water partition coefficient (Wildman–Crippen LogP) is 2.31. The highest BCUT2D eigenvalue weighted by Gasteiger charge is 2.06. The first-order chi connectivity index (χ1) is 9.29. The largest absolute Gasteiger partial charge is 0.494 e. The Balaban J connectivity index is 1.89. The Labute approximate surface area is 116 Å². The van der Waals surface area contributed by atoms with Crippen LogP contribution in [0.4, 0.5) is 0 Å². The van der Waals surface area contributed by atoms with Gasteiger partial charge in [-0.15, -0.1) is 0 Å². The molecule has 1 heterocycles. The summed E-state index contributed by atoms with van der Waals surface area (Å²) in [5.74, 6) is 0.988. The average Bonchev–Trinajstić information content (AvgIpc) is 2.43. The fourth-order valence-electron chi connectivity index (χ4n) is 2.33. The van der Waals surface area contributed by atoms with E-state index < -0.39 is 0 Å². The highest BCUT2D eigenvalue weighted by atomic mass is 16.5. The summed E-state index contributed by atoms with van der Waals surface area (Å²) in [6.45, 7) is 10.4. The van der Waals surface area contributed by atoms with E-state index in [0.717, 1.165) is 45.1 Å². The molecule has 1 aromatic rings. The molecule has 0 radical (unpaired) electrons. The van der Waals surface area contributed by atoms with Gasteiger partial charge in [0, 0.05) is 32.7 Å². The topological polar surface area (TPSA) is 24.5 Å². The van der Waals surface area contributed by atoms with Crippen LogP contribution in [0.1, 0.15) is 18.1 Å². The van der Waals surface area contributed by atoms with Crippen LogP contribution in [0.5, 0.6) is 5.75 Å². The van der Waals surface area contributed by atoms with Gasteiger partial charge >= 0.3 is 0 Å². The molecule has 3 heteroatoms. The van der Waals surface area contributed by atoms with Crippen molar-refractivity contribution in [3.63, 3.8) is 0 Å². The zero-order valence-electron chi connectivity index (χ0n) is 12.0. The van der Waals surface area contributed by atoms with E-state index in [0.29, 0.717) is 0 Å². The quantitative estimate of drug-likeness (QED) is 0.879. The predicted molar refractivity (Wildman–Crippen MR) is 80.7 cm³/mol. The van der Waals surface area contributed by atoms with Gasteiger partial charge in [-0.1, -0.05) is 18.2 Å². The van der Waals surface area contributed by atoms with Gasteiger partial charge in [0.1, 0.15) is 5.75 Å². The van der Waals surface area contributed by atoms with Crippen LogP contribution < -0.4 is 10.1 Å². The van der Waals surface area contributed by atoms with Crippen molar-refractivity contribution in [3.05, 3.63) is 35.4 Å². The molecular weight excluding hydrogens is 236 g/mol. The number of rotatable bonds is 5. The van der Waals surface area contributed by atoms with Gasteiger partial charge in [-0.05, 0) is 37.1 Å². The maximum Gasteiger partial charge on any atom is 0.122 e. The molecular formula is C16H24N2O. The van der Waals surface area contributed by atoms with Crippen molar-refractivity contribution >= 4 is 6.08 Å². The smallest absolute Gasteiger partial charge is 0.122 e. The van der Waals surface area contributed by atoms with Crippen molar-refractivity contribution in [2.75, 3.05) is 39.3 Å². The second-order valence-corrected chi connectivity index (χ2v) is 4.91. The van der Waals surface area contributed by atoms with Crippen LogP contribution in [0.3, 0.4) is 0 Å². The molecule has 1 N–H and O–H groups in total. The normalized spacial score (nSPS) is 16.9. The molecule has 0 amide bonds. The van der Waals surface area contributed by atoms with E-state index in [2.05, 4.69) is 47.5 Å². The molecule has 0 atom stereocenters. The molecule has 0 aliphatic carbocycles. The Morgan fingerprint density at radius 3 is 2.79 bits per heavy atom. The van der Waals surface area contributed by atoms with Crippen molar-refractivity contribution in [1.29, 1.82) is 0 Å². The lowest BCUT2D eigenvalue weighted by atomic mass is 10.1. The number of piperazine rings is 1. The van der Waals surface area contributed by atoms with Crippen LogP contribution in [0.25, 0.3) is 6.08 Å². The number of hydrogen-bond donors (Lipinski definition) is 1. The Hall–Kier alpha value is -1.32. The summed E-state index contributed by atoms with van der Waals surface area (Å²) in [6.07, 6.45) is 4.45. The highest BCUT2D eigenvalue weighted by molar-refractivity contribution is 5.53. The fraction of sp³-hybridized carbons (Fsp3) is 0.500. The van der Waals surface area contributed by atoms with Gasteiger partial charge in [0.05, 0.1) is 6.61 Å². The third kappa shape index (κ3) is 4.37. The summed E-state index contributed by atoms with van der Waals surface area (Å²) in [4.78, 5) is 2.47. The molecule has 104 valence electrons. The van der Waals surface area contributed by atoms with Crippen LogP contribution >= 0.6 is 0 Å². The second kappa shape index (κ2) is 7.31. The van der Waals surface area contributed by atoms with Crippen LogP contribution in [-0.4, -0.2) is 44.2 Å². The standard InChI is InChI=1S/C16H24N2O/c1-3-19-16-7-6-15(13-14(16)2)5-4-10-18-11-8-17-9-12-18/h4-7,13,17H,3,8-12H2,1-2H3/b5-4+. The van der Waals surface area contributed by atoms with Gasteiger partial charge in [0.15, 0.2) is 0 Å². The first kappa shape index (κ1) is 14.1. The van der Waals surface area contributed by atoms with Crippen LogP contribution in [0.15, 0.2) is 24.3 Å². The maximum absolute atomic E-state index is 5.55. The van der Waals surface area contributed by atoms with Gasteiger partial charge in [0.25, 0.3) is 0 Å².